The third-order valence-corrected chi connectivity index (χ3v) is 4.63. The Hall–Kier alpha value is -3.02. The molecule has 25 heavy (non-hydrogen) atoms. The number of nitrogens with one attached hydrogen (secondary N) is 2. The lowest BCUT2D eigenvalue weighted by Gasteiger charge is -2.14. The van der Waals surface area contributed by atoms with Crippen LogP contribution in [0.4, 0.5) is 10.1 Å². The summed E-state index contributed by atoms with van der Waals surface area (Å²) >= 11 is 0. The van der Waals surface area contributed by atoms with Gasteiger partial charge in [-0.25, -0.2) is 9.37 Å². The molecule has 0 saturated carbocycles. The number of fused-ring (bicyclic) bond motifs is 1. The number of H-pyrrole nitrogens is 1. The van der Waals surface area contributed by atoms with Crippen LogP contribution in [-0.4, -0.2) is 20.9 Å². The zero-order chi connectivity index (χ0) is 17.8. The predicted octanol–water partition coefficient (Wildman–Crippen LogP) is 3.82. The molecule has 1 aromatic carbocycles. The van der Waals surface area contributed by atoms with Gasteiger partial charge < -0.3 is 10.3 Å². The van der Waals surface area contributed by atoms with E-state index in [0.29, 0.717) is 17.1 Å². The van der Waals surface area contributed by atoms with Gasteiger partial charge in [-0.3, -0.25) is 9.78 Å². The Bertz CT molecular complexity index is 1010. The highest BCUT2D eigenvalue weighted by Gasteiger charge is 2.38. The molecule has 3 heterocycles. The van der Waals surface area contributed by atoms with E-state index in [1.807, 2.05) is 32.0 Å². The Morgan fingerprint density at radius 1 is 1.20 bits per heavy atom. The lowest BCUT2D eigenvalue weighted by atomic mass is 9.86. The number of hydrogen-bond donors (Lipinski definition) is 2. The van der Waals surface area contributed by atoms with Crippen LogP contribution in [0, 0.1) is 12.7 Å². The summed E-state index contributed by atoms with van der Waals surface area (Å²) in [5, 5.41) is 2.91. The summed E-state index contributed by atoms with van der Waals surface area (Å²) in [4.78, 5) is 23.5. The molecule has 0 saturated heterocycles. The van der Waals surface area contributed by atoms with Crippen LogP contribution in [0.3, 0.4) is 0 Å². The number of aryl methyl sites for hydroxylation is 1. The number of aromatic nitrogens is 3. The van der Waals surface area contributed by atoms with E-state index < -0.39 is 11.2 Å². The minimum absolute atomic E-state index is 0.0169. The number of benzene rings is 1. The fourth-order valence-corrected chi connectivity index (χ4v) is 3.09. The summed E-state index contributed by atoms with van der Waals surface area (Å²) in [6, 6.07) is 7.42. The molecule has 5 nitrogen and oxygen atoms in total. The molecule has 0 radical (unpaired) electrons. The highest BCUT2D eigenvalue weighted by atomic mass is 19.1. The summed E-state index contributed by atoms with van der Waals surface area (Å²) < 4.78 is 14.0. The lowest BCUT2D eigenvalue weighted by Crippen LogP contribution is -2.26. The van der Waals surface area contributed by atoms with Gasteiger partial charge in [0.15, 0.2) is 5.82 Å². The average Bonchev–Trinajstić information content (AvgIpc) is 3.14. The number of imidazole rings is 1. The first kappa shape index (κ1) is 15.5. The van der Waals surface area contributed by atoms with Gasteiger partial charge in [-0.1, -0.05) is 12.1 Å². The van der Waals surface area contributed by atoms with Crippen LogP contribution < -0.4 is 5.32 Å². The van der Waals surface area contributed by atoms with E-state index in [4.69, 9.17) is 0 Å². The van der Waals surface area contributed by atoms with Crippen molar-refractivity contribution in [3.05, 3.63) is 53.7 Å². The maximum Gasteiger partial charge on any atom is 0.234 e. The summed E-state index contributed by atoms with van der Waals surface area (Å²) in [6.07, 6.45) is 2.92. The normalized spacial score (nSPS) is 15.1. The van der Waals surface area contributed by atoms with Crippen molar-refractivity contribution >= 4 is 11.6 Å². The van der Waals surface area contributed by atoms with Crippen molar-refractivity contribution in [2.24, 2.45) is 0 Å². The van der Waals surface area contributed by atoms with Gasteiger partial charge in [0, 0.05) is 23.1 Å². The molecule has 0 aliphatic carbocycles. The second kappa shape index (κ2) is 5.24. The van der Waals surface area contributed by atoms with Crippen LogP contribution in [-0.2, 0) is 10.2 Å². The van der Waals surface area contributed by atoms with Crippen molar-refractivity contribution in [3.8, 4) is 22.6 Å². The lowest BCUT2D eigenvalue weighted by molar-refractivity contribution is -0.119. The van der Waals surface area contributed by atoms with Gasteiger partial charge in [0.2, 0.25) is 5.91 Å². The Morgan fingerprint density at radius 3 is 2.80 bits per heavy atom. The molecule has 0 fully saturated rings. The third-order valence-electron chi connectivity index (χ3n) is 4.63. The molecule has 0 atom stereocenters. The molecule has 0 spiro atoms. The van der Waals surface area contributed by atoms with Crippen molar-refractivity contribution in [2.45, 2.75) is 26.2 Å². The van der Waals surface area contributed by atoms with E-state index in [1.54, 1.807) is 19.2 Å². The van der Waals surface area contributed by atoms with Gasteiger partial charge in [-0.2, -0.15) is 0 Å². The molecule has 1 aliphatic heterocycles. The van der Waals surface area contributed by atoms with Crippen LogP contribution in [0.15, 0.2) is 36.7 Å². The smallest absolute Gasteiger partial charge is 0.234 e. The van der Waals surface area contributed by atoms with Crippen molar-refractivity contribution < 1.29 is 9.18 Å². The number of nitrogens with zero attached hydrogens (tertiary/aromatic N) is 2. The van der Waals surface area contributed by atoms with E-state index in [-0.39, 0.29) is 5.91 Å². The second-order valence-electron chi connectivity index (χ2n) is 6.78. The number of aromatic amines is 1. The number of anilines is 1. The molecule has 2 aromatic heterocycles. The number of carbonyl (C=O) groups is 1. The van der Waals surface area contributed by atoms with E-state index >= 15 is 0 Å². The van der Waals surface area contributed by atoms with Gasteiger partial charge in [0.25, 0.3) is 0 Å². The van der Waals surface area contributed by atoms with Crippen LogP contribution in [0.25, 0.3) is 22.6 Å². The molecule has 1 amide bonds. The number of hydrogen-bond acceptors (Lipinski definition) is 3. The highest BCUT2D eigenvalue weighted by molar-refractivity contribution is 6.06. The summed E-state index contributed by atoms with van der Waals surface area (Å²) in [7, 11) is 0. The molecule has 2 N–H and O–H groups in total. The van der Waals surface area contributed by atoms with Crippen molar-refractivity contribution in [1.82, 2.24) is 15.0 Å². The van der Waals surface area contributed by atoms with Crippen molar-refractivity contribution in [1.29, 1.82) is 0 Å². The van der Waals surface area contributed by atoms with Gasteiger partial charge in [-0.05, 0) is 38.5 Å². The van der Waals surface area contributed by atoms with E-state index in [9.17, 15) is 9.18 Å². The first-order valence-electron chi connectivity index (χ1n) is 8.00. The third kappa shape index (κ3) is 2.41. The number of rotatable bonds is 2. The SMILES string of the molecule is Cc1cc(-c2nc(-c3ccc4c(c3)NC(=O)C4(C)C)c[nH]2)c(F)cn1. The molecule has 4 rings (SSSR count). The van der Waals surface area contributed by atoms with E-state index in [1.165, 1.54) is 6.20 Å². The molecule has 126 valence electrons. The summed E-state index contributed by atoms with van der Waals surface area (Å²) in [6.45, 7) is 5.60. The maximum atomic E-state index is 14.0. The Morgan fingerprint density at radius 2 is 2.00 bits per heavy atom. The first-order valence-corrected chi connectivity index (χ1v) is 8.00. The molecule has 0 unspecified atom stereocenters. The minimum atomic E-state index is -0.539. The number of amides is 1. The minimum Gasteiger partial charge on any atom is -0.344 e. The van der Waals surface area contributed by atoms with Crippen LogP contribution >= 0.6 is 0 Å². The van der Waals surface area contributed by atoms with Crippen molar-refractivity contribution in [3.63, 3.8) is 0 Å². The Balaban J connectivity index is 1.74. The topological polar surface area (TPSA) is 70.7 Å². The van der Waals surface area contributed by atoms with Crippen molar-refractivity contribution in [2.75, 3.05) is 5.32 Å². The number of halogens is 1. The summed E-state index contributed by atoms with van der Waals surface area (Å²) in [5.74, 6) is 0.00836. The van der Waals surface area contributed by atoms with Gasteiger partial charge >= 0.3 is 0 Å². The zero-order valence-electron chi connectivity index (χ0n) is 14.1. The Kier molecular flexibility index (Phi) is 3.25. The molecule has 6 heteroatoms. The fraction of sp³-hybridized carbons (Fsp3) is 0.211. The molecular formula is C19H17FN4O. The monoisotopic (exact) mass is 336 g/mol. The average molecular weight is 336 g/mol. The van der Waals surface area contributed by atoms with E-state index in [2.05, 4.69) is 20.3 Å². The molecule has 0 bridgehead atoms. The molecule has 1 aliphatic rings. The molecule has 3 aromatic rings. The van der Waals surface area contributed by atoms with Crippen LogP contribution in [0.5, 0.6) is 0 Å². The number of carbonyl (C=O) groups excluding carboxylic acids is 1. The first-order chi connectivity index (χ1) is 11.9. The largest absolute Gasteiger partial charge is 0.344 e. The van der Waals surface area contributed by atoms with Gasteiger partial charge in [0.05, 0.1) is 22.9 Å². The standard InChI is InChI=1S/C19H17FN4O/c1-10-6-12(14(20)8-21-10)17-22-9-16(23-17)11-4-5-13-15(7-11)24-18(25)19(13,2)3/h4-9H,1-3H3,(H,22,23)(H,24,25). The number of pyridine rings is 1. The van der Waals surface area contributed by atoms with Crippen LogP contribution in [0.2, 0.25) is 0 Å². The fourth-order valence-electron chi connectivity index (χ4n) is 3.09. The van der Waals surface area contributed by atoms with Gasteiger partial charge in [-0.15, -0.1) is 0 Å². The highest BCUT2D eigenvalue weighted by Crippen LogP contribution is 2.39. The van der Waals surface area contributed by atoms with Crippen LogP contribution in [0.1, 0.15) is 25.1 Å². The predicted molar refractivity (Wildman–Crippen MR) is 93.6 cm³/mol. The second-order valence-corrected chi connectivity index (χ2v) is 6.78. The zero-order valence-corrected chi connectivity index (χ0v) is 14.1. The quantitative estimate of drug-likeness (QED) is 0.747. The Labute approximate surface area is 144 Å². The van der Waals surface area contributed by atoms with E-state index in [0.717, 1.165) is 22.5 Å². The van der Waals surface area contributed by atoms with Gasteiger partial charge in [0.1, 0.15) is 5.82 Å². The molecular weight excluding hydrogens is 319 g/mol. The maximum absolute atomic E-state index is 14.0. The summed E-state index contributed by atoms with van der Waals surface area (Å²) in [5.41, 5.74) is 3.86.